The van der Waals surface area contributed by atoms with Crippen molar-refractivity contribution in [3.63, 3.8) is 0 Å². The number of benzene rings is 1. The summed E-state index contributed by atoms with van der Waals surface area (Å²) in [5, 5.41) is 4.01. The fourth-order valence-corrected chi connectivity index (χ4v) is 4.01. The van der Waals surface area contributed by atoms with Crippen molar-refractivity contribution in [3.05, 3.63) is 51.9 Å². The van der Waals surface area contributed by atoms with Crippen LogP contribution in [0.4, 0.5) is 5.95 Å². The summed E-state index contributed by atoms with van der Waals surface area (Å²) >= 11 is 12.5. The summed E-state index contributed by atoms with van der Waals surface area (Å²) < 4.78 is 28.8. The van der Waals surface area contributed by atoms with Crippen molar-refractivity contribution in [1.82, 2.24) is 19.7 Å². The number of aryl methyl sites for hydroxylation is 3. The third kappa shape index (κ3) is 4.29. The van der Waals surface area contributed by atoms with Crippen molar-refractivity contribution in [2.75, 3.05) is 4.72 Å². The minimum Gasteiger partial charge on any atom is -0.274 e. The van der Waals surface area contributed by atoms with Gasteiger partial charge in [-0.1, -0.05) is 48.7 Å². The fraction of sp³-hybridized carbons (Fsp3) is 0.278. The molecule has 0 radical (unpaired) electrons. The van der Waals surface area contributed by atoms with Crippen LogP contribution in [-0.4, -0.2) is 28.2 Å². The Morgan fingerprint density at radius 1 is 1.21 bits per heavy atom. The Morgan fingerprint density at radius 2 is 1.96 bits per heavy atom. The van der Waals surface area contributed by atoms with Gasteiger partial charge in [0.05, 0.1) is 11.9 Å². The average Bonchev–Trinajstić information content (AvgIpc) is 3.07. The highest BCUT2D eigenvalue weighted by atomic mass is 35.5. The van der Waals surface area contributed by atoms with E-state index in [-0.39, 0.29) is 21.0 Å². The topological polar surface area (TPSA) is 89.8 Å². The highest BCUT2D eigenvalue weighted by molar-refractivity contribution is 7.92. The number of nitrogens with zero attached hydrogens (tertiary/aromatic N) is 4. The molecule has 3 aromatic rings. The maximum atomic E-state index is 12.5. The third-order valence-electron chi connectivity index (χ3n) is 4.12. The molecule has 1 N–H and O–H groups in total. The monoisotopic (exact) mass is 439 g/mol. The second-order valence-corrected chi connectivity index (χ2v) is 8.77. The maximum Gasteiger partial charge on any atom is 0.267 e. The highest BCUT2D eigenvalue weighted by Gasteiger charge is 2.21. The van der Waals surface area contributed by atoms with E-state index in [9.17, 15) is 8.42 Å². The summed E-state index contributed by atoms with van der Waals surface area (Å²) in [6, 6.07) is 6.01. The Hall–Kier alpha value is -2.16. The summed E-state index contributed by atoms with van der Waals surface area (Å²) in [6.07, 6.45) is 4.51. The number of nitrogens with one attached hydrogen (secondary N) is 1. The van der Waals surface area contributed by atoms with Crippen LogP contribution >= 0.6 is 23.2 Å². The van der Waals surface area contributed by atoms with Gasteiger partial charge in [-0.05, 0) is 30.5 Å². The van der Waals surface area contributed by atoms with Crippen LogP contribution in [0.5, 0.6) is 0 Å². The molecule has 10 heteroatoms. The standard InChI is InChI=1S/C18H19Cl2N5O2S/c1-4-5-12-7-6-11(2)14(8-12)16-15(19)17(20)23-18(22-16)24-28(26,27)13-9-21-25(3)10-13/h6-10H,4-5H2,1-3H3,(H,22,23,24). The SMILES string of the molecule is CCCc1ccc(C)c(-c2nc(NS(=O)(=O)c3cnn(C)c3)nc(Cl)c2Cl)c1. The minimum atomic E-state index is -3.91. The molecule has 0 aliphatic heterocycles. The zero-order valence-electron chi connectivity index (χ0n) is 15.6. The molecule has 0 unspecified atom stereocenters. The van der Waals surface area contributed by atoms with E-state index in [4.69, 9.17) is 23.2 Å². The first kappa shape index (κ1) is 20.6. The lowest BCUT2D eigenvalue weighted by molar-refractivity contribution is 0.600. The minimum absolute atomic E-state index is 0.00709. The Balaban J connectivity index is 2.06. The Morgan fingerprint density at radius 3 is 2.61 bits per heavy atom. The zero-order chi connectivity index (χ0) is 20.5. The van der Waals surface area contributed by atoms with Crippen molar-refractivity contribution < 1.29 is 8.42 Å². The Kier molecular flexibility index (Phi) is 5.92. The molecule has 2 aromatic heterocycles. The second-order valence-electron chi connectivity index (χ2n) is 6.36. The Bertz CT molecular complexity index is 1130. The van der Waals surface area contributed by atoms with Crippen molar-refractivity contribution in [2.24, 2.45) is 7.05 Å². The molecule has 0 saturated carbocycles. The van der Waals surface area contributed by atoms with Gasteiger partial charge in [0.2, 0.25) is 5.95 Å². The normalized spacial score (nSPS) is 11.6. The summed E-state index contributed by atoms with van der Waals surface area (Å²) in [5.41, 5.74) is 3.23. The summed E-state index contributed by atoms with van der Waals surface area (Å²) in [5.74, 6) is -0.159. The fourth-order valence-electron chi connectivity index (χ4n) is 2.73. The first-order chi connectivity index (χ1) is 13.2. The van der Waals surface area contributed by atoms with E-state index in [0.717, 1.165) is 29.5 Å². The van der Waals surface area contributed by atoms with Crippen LogP contribution < -0.4 is 4.72 Å². The molecule has 0 bridgehead atoms. The van der Waals surface area contributed by atoms with Gasteiger partial charge < -0.3 is 0 Å². The second kappa shape index (κ2) is 8.06. The van der Waals surface area contributed by atoms with Gasteiger partial charge >= 0.3 is 0 Å². The molecule has 148 valence electrons. The summed E-state index contributed by atoms with van der Waals surface area (Å²) in [4.78, 5) is 8.30. The van der Waals surface area contributed by atoms with E-state index in [0.29, 0.717) is 5.69 Å². The quantitative estimate of drug-likeness (QED) is 0.579. The predicted molar refractivity (Wildman–Crippen MR) is 110 cm³/mol. The van der Waals surface area contributed by atoms with Gasteiger partial charge in [0, 0.05) is 18.8 Å². The average molecular weight is 440 g/mol. The smallest absolute Gasteiger partial charge is 0.267 e. The van der Waals surface area contributed by atoms with Gasteiger partial charge in [0.1, 0.15) is 9.92 Å². The molecule has 1 aromatic carbocycles. The predicted octanol–water partition coefficient (Wildman–Crippen LogP) is 4.25. The van der Waals surface area contributed by atoms with Gasteiger partial charge in [-0.2, -0.15) is 10.1 Å². The number of hydrogen-bond donors (Lipinski definition) is 1. The molecule has 0 spiro atoms. The maximum absolute atomic E-state index is 12.5. The number of hydrogen-bond acceptors (Lipinski definition) is 5. The van der Waals surface area contributed by atoms with Gasteiger partial charge in [0.15, 0.2) is 5.15 Å². The molecule has 0 fully saturated rings. The van der Waals surface area contributed by atoms with Gasteiger partial charge in [-0.3, -0.25) is 4.68 Å². The van der Waals surface area contributed by atoms with Crippen molar-refractivity contribution in [3.8, 4) is 11.3 Å². The molecule has 0 saturated heterocycles. The van der Waals surface area contributed by atoms with Crippen molar-refractivity contribution in [1.29, 1.82) is 0 Å². The Labute approximate surface area is 173 Å². The summed E-state index contributed by atoms with van der Waals surface area (Å²) in [7, 11) is -2.28. The van der Waals surface area contributed by atoms with Gasteiger partial charge in [0.25, 0.3) is 10.0 Å². The first-order valence-electron chi connectivity index (χ1n) is 8.55. The lowest BCUT2D eigenvalue weighted by Gasteiger charge is -2.13. The number of sulfonamides is 1. The van der Waals surface area contributed by atoms with Crippen molar-refractivity contribution >= 4 is 39.2 Å². The highest BCUT2D eigenvalue weighted by Crippen LogP contribution is 2.34. The molecular weight excluding hydrogens is 421 g/mol. The number of halogens is 2. The molecule has 2 heterocycles. The van der Waals surface area contributed by atoms with Crippen molar-refractivity contribution in [2.45, 2.75) is 31.6 Å². The van der Waals surface area contributed by atoms with Crippen LogP contribution in [0.3, 0.4) is 0 Å². The zero-order valence-corrected chi connectivity index (χ0v) is 17.9. The lowest BCUT2D eigenvalue weighted by atomic mass is 10.00. The molecular formula is C18H19Cl2N5O2S. The van der Waals surface area contributed by atoms with Crippen LogP contribution in [0.15, 0.2) is 35.5 Å². The molecule has 0 atom stereocenters. The van der Waals surface area contributed by atoms with E-state index in [1.165, 1.54) is 17.1 Å². The van der Waals surface area contributed by atoms with Crippen LogP contribution in [-0.2, 0) is 23.5 Å². The lowest BCUT2D eigenvalue weighted by Crippen LogP contribution is -2.15. The number of anilines is 1. The van der Waals surface area contributed by atoms with Crippen LogP contribution in [0.25, 0.3) is 11.3 Å². The molecule has 0 aliphatic carbocycles. The first-order valence-corrected chi connectivity index (χ1v) is 10.8. The molecule has 28 heavy (non-hydrogen) atoms. The van der Waals surface area contributed by atoms with Gasteiger partial charge in [-0.15, -0.1) is 0 Å². The van der Waals surface area contributed by atoms with Gasteiger partial charge in [-0.25, -0.2) is 18.1 Å². The van der Waals surface area contributed by atoms with E-state index < -0.39 is 10.0 Å². The van der Waals surface area contributed by atoms with E-state index >= 15 is 0 Å². The largest absolute Gasteiger partial charge is 0.274 e. The third-order valence-corrected chi connectivity index (χ3v) is 6.13. The molecule has 7 nitrogen and oxygen atoms in total. The van der Waals surface area contributed by atoms with Crippen LogP contribution in [0, 0.1) is 6.92 Å². The van der Waals surface area contributed by atoms with E-state index in [1.807, 2.05) is 25.1 Å². The van der Waals surface area contributed by atoms with Crippen LogP contribution in [0.1, 0.15) is 24.5 Å². The van der Waals surface area contributed by atoms with E-state index in [2.05, 4.69) is 26.7 Å². The summed E-state index contributed by atoms with van der Waals surface area (Å²) in [6.45, 7) is 4.02. The van der Waals surface area contributed by atoms with Crippen LogP contribution in [0.2, 0.25) is 10.2 Å². The number of rotatable bonds is 6. The number of aromatic nitrogens is 4. The molecule has 3 rings (SSSR count). The molecule has 0 amide bonds. The molecule has 0 aliphatic rings. The van der Waals surface area contributed by atoms with E-state index in [1.54, 1.807) is 7.05 Å².